The maximum Gasteiger partial charge on any atom is 0.336 e. The third kappa shape index (κ3) is 2.28. The lowest BCUT2D eigenvalue weighted by Gasteiger charge is -2.12. The van der Waals surface area contributed by atoms with Gasteiger partial charge in [-0.3, -0.25) is 0 Å². The molecule has 0 unspecified atom stereocenters. The van der Waals surface area contributed by atoms with Crippen molar-refractivity contribution in [1.82, 2.24) is 0 Å². The van der Waals surface area contributed by atoms with Gasteiger partial charge in [0.25, 0.3) is 0 Å². The molecule has 1 atom stereocenters. The highest BCUT2D eigenvalue weighted by Gasteiger charge is 2.19. The van der Waals surface area contributed by atoms with Crippen molar-refractivity contribution in [2.75, 3.05) is 6.61 Å². The topological polar surface area (TPSA) is 83.5 Å². The number of hydrogen-bond donors (Lipinski definition) is 3. The van der Waals surface area contributed by atoms with E-state index in [1.54, 1.807) is 0 Å². The standard InChI is InChI=1S/C9H9F2NO3/c10-6-1-4(8(12)3-13)5(9(14)15)2-7(6)11/h1-2,8,13H,3,12H2,(H,14,15)/t8-/m0/s1. The molecule has 0 bridgehead atoms. The molecule has 0 spiro atoms. The quantitative estimate of drug-likeness (QED) is 0.694. The zero-order valence-corrected chi connectivity index (χ0v) is 7.58. The minimum absolute atomic E-state index is 0.135. The van der Waals surface area contributed by atoms with E-state index in [1.165, 1.54) is 0 Å². The smallest absolute Gasteiger partial charge is 0.336 e. The molecule has 1 aromatic rings. The lowest BCUT2D eigenvalue weighted by Crippen LogP contribution is -2.19. The molecule has 82 valence electrons. The first-order valence-electron chi connectivity index (χ1n) is 4.06. The van der Waals surface area contributed by atoms with Crippen molar-refractivity contribution >= 4 is 5.97 Å². The third-order valence-electron chi connectivity index (χ3n) is 1.92. The average molecular weight is 217 g/mol. The molecule has 4 nitrogen and oxygen atoms in total. The van der Waals surface area contributed by atoms with Crippen LogP contribution in [0.15, 0.2) is 12.1 Å². The molecule has 0 radical (unpaired) electrons. The number of benzene rings is 1. The number of carboxylic acid groups (broad SMARTS) is 1. The summed E-state index contributed by atoms with van der Waals surface area (Å²) in [6.07, 6.45) is 0. The maximum absolute atomic E-state index is 12.8. The summed E-state index contributed by atoms with van der Waals surface area (Å²) in [5.41, 5.74) is 4.77. The number of nitrogens with two attached hydrogens (primary N) is 1. The van der Waals surface area contributed by atoms with Crippen molar-refractivity contribution in [2.45, 2.75) is 6.04 Å². The summed E-state index contributed by atoms with van der Waals surface area (Å²) in [6.45, 7) is -0.550. The Kier molecular flexibility index (Phi) is 3.33. The molecule has 1 rings (SSSR count). The van der Waals surface area contributed by atoms with Gasteiger partial charge in [-0.05, 0) is 17.7 Å². The van der Waals surface area contributed by atoms with Crippen molar-refractivity contribution in [3.05, 3.63) is 34.9 Å². The number of hydrogen-bond acceptors (Lipinski definition) is 3. The average Bonchev–Trinajstić information content (AvgIpc) is 2.20. The molecule has 15 heavy (non-hydrogen) atoms. The Labute approximate surface area is 83.9 Å². The van der Waals surface area contributed by atoms with Gasteiger partial charge in [0, 0.05) is 0 Å². The molecule has 0 amide bonds. The van der Waals surface area contributed by atoms with Crippen molar-refractivity contribution in [3.63, 3.8) is 0 Å². The highest BCUT2D eigenvalue weighted by atomic mass is 19.2. The van der Waals surface area contributed by atoms with Crippen LogP contribution in [0, 0.1) is 11.6 Å². The van der Waals surface area contributed by atoms with Crippen LogP contribution in [0.4, 0.5) is 8.78 Å². The fourth-order valence-electron chi connectivity index (χ4n) is 1.15. The number of rotatable bonds is 3. The van der Waals surface area contributed by atoms with Crippen molar-refractivity contribution in [2.24, 2.45) is 5.73 Å². The van der Waals surface area contributed by atoms with Crippen LogP contribution in [0.25, 0.3) is 0 Å². The number of carbonyl (C=O) groups is 1. The van der Waals surface area contributed by atoms with Gasteiger partial charge >= 0.3 is 5.97 Å². The van der Waals surface area contributed by atoms with Gasteiger partial charge in [0.05, 0.1) is 18.2 Å². The summed E-state index contributed by atoms with van der Waals surface area (Å²) in [7, 11) is 0. The van der Waals surface area contributed by atoms with Gasteiger partial charge in [-0.25, -0.2) is 13.6 Å². The van der Waals surface area contributed by atoms with Crippen LogP contribution in [-0.4, -0.2) is 22.8 Å². The summed E-state index contributed by atoms with van der Waals surface area (Å²) < 4.78 is 25.6. The number of carboxylic acids is 1. The molecule has 6 heteroatoms. The first-order chi connectivity index (χ1) is 6.97. The summed E-state index contributed by atoms with van der Waals surface area (Å²) >= 11 is 0. The third-order valence-corrected chi connectivity index (χ3v) is 1.92. The number of aromatic carboxylic acids is 1. The monoisotopic (exact) mass is 217 g/mol. The van der Waals surface area contributed by atoms with Gasteiger partial charge in [-0.2, -0.15) is 0 Å². The second-order valence-corrected chi connectivity index (χ2v) is 2.95. The van der Waals surface area contributed by atoms with Crippen LogP contribution in [-0.2, 0) is 0 Å². The molecule has 0 aliphatic carbocycles. The lowest BCUT2D eigenvalue weighted by molar-refractivity contribution is 0.0694. The Morgan fingerprint density at radius 2 is 1.93 bits per heavy atom. The first kappa shape index (κ1) is 11.5. The highest BCUT2D eigenvalue weighted by molar-refractivity contribution is 5.89. The molecule has 0 saturated carbocycles. The molecule has 0 heterocycles. The molecular weight excluding hydrogens is 208 g/mol. The van der Waals surface area contributed by atoms with E-state index in [-0.39, 0.29) is 5.56 Å². The number of halogens is 2. The van der Waals surface area contributed by atoms with Gasteiger partial charge in [0.2, 0.25) is 0 Å². The normalized spacial score (nSPS) is 12.5. The van der Waals surface area contributed by atoms with Gasteiger partial charge in [-0.1, -0.05) is 0 Å². The Hall–Kier alpha value is -1.53. The second kappa shape index (κ2) is 4.33. The van der Waals surface area contributed by atoms with Gasteiger partial charge < -0.3 is 15.9 Å². The molecule has 0 aliphatic rings. The number of aliphatic hydroxyl groups is 1. The molecule has 4 N–H and O–H groups in total. The molecule has 1 aromatic carbocycles. The molecule has 0 aromatic heterocycles. The van der Waals surface area contributed by atoms with Crippen LogP contribution < -0.4 is 5.73 Å². The first-order valence-corrected chi connectivity index (χ1v) is 4.06. The summed E-state index contributed by atoms with van der Waals surface area (Å²) in [5.74, 6) is -3.88. The van der Waals surface area contributed by atoms with Crippen molar-refractivity contribution in [1.29, 1.82) is 0 Å². The Bertz CT molecular complexity index is 395. The maximum atomic E-state index is 12.8. The minimum Gasteiger partial charge on any atom is -0.478 e. The number of aliphatic hydroxyl groups excluding tert-OH is 1. The van der Waals surface area contributed by atoms with Gasteiger partial charge in [0.1, 0.15) is 0 Å². The Morgan fingerprint density at radius 1 is 1.40 bits per heavy atom. The predicted molar refractivity (Wildman–Crippen MR) is 47.3 cm³/mol. The molecule has 0 fully saturated rings. The van der Waals surface area contributed by atoms with E-state index in [0.29, 0.717) is 12.1 Å². The fraction of sp³-hybridized carbons (Fsp3) is 0.222. The molecular formula is C9H9F2NO3. The lowest BCUT2D eigenvalue weighted by atomic mass is 10.0. The minimum atomic E-state index is -1.42. The van der Waals surface area contributed by atoms with E-state index in [0.717, 1.165) is 0 Å². The Morgan fingerprint density at radius 3 is 2.40 bits per heavy atom. The largest absolute Gasteiger partial charge is 0.478 e. The van der Waals surface area contributed by atoms with E-state index in [2.05, 4.69) is 0 Å². The highest BCUT2D eigenvalue weighted by Crippen LogP contribution is 2.20. The fourth-order valence-corrected chi connectivity index (χ4v) is 1.15. The zero-order chi connectivity index (χ0) is 11.6. The Balaban J connectivity index is 3.34. The van der Waals surface area contributed by atoms with E-state index in [4.69, 9.17) is 15.9 Å². The van der Waals surface area contributed by atoms with Crippen LogP contribution in [0.2, 0.25) is 0 Å². The van der Waals surface area contributed by atoms with Crippen LogP contribution >= 0.6 is 0 Å². The van der Waals surface area contributed by atoms with E-state index in [9.17, 15) is 13.6 Å². The van der Waals surface area contributed by atoms with Crippen molar-refractivity contribution < 1.29 is 23.8 Å². The van der Waals surface area contributed by atoms with E-state index >= 15 is 0 Å². The molecule has 0 saturated heterocycles. The summed E-state index contributed by atoms with van der Waals surface area (Å²) in [5, 5.41) is 17.4. The summed E-state index contributed by atoms with van der Waals surface area (Å²) in [4.78, 5) is 10.7. The zero-order valence-electron chi connectivity index (χ0n) is 7.58. The summed E-state index contributed by atoms with van der Waals surface area (Å²) in [6, 6.07) is 0.175. The second-order valence-electron chi connectivity index (χ2n) is 2.95. The van der Waals surface area contributed by atoms with Crippen LogP contribution in [0.1, 0.15) is 22.0 Å². The van der Waals surface area contributed by atoms with E-state index in [1.807, 2.05) is 0 Å². The van der Waals surface area contributed by atoms with E-state index < -0.39 is 35.8 Å². The van der Waals surface area contributed by atoms with Crippen LogP contribution in [0.3, 0.4) is 0 Å². The van der Waals surface area contributed by atoms with Gasteiger partial charge in [0.15, 0.2) is 11.6 Å². The van der Waals surface area contributed by atoms with Crippen LogP contribution in [0.5, 0.6) is 0 Å². The SMILES string of the molecule is N[C@@H](CO)c1cc(F)c(F)cc1C(=O)O. The predicted octanol–water partition coefficient (Wildman–Crippen LogP) is 0.655. The molecule has 0 aliphatic heterocycles. The van der Waals surface area contributed by atoms with Crippen molar-refractivity contribution in [3.8, 4) is 0 Å². The van der Waals surface area contributed by atoms with Gasteiger partial charge in [-0.15, -0.1) is 0 Å².